The molecule has 1 amide bonds. The molecular formula is C21H25N3O. The number of aryl methyl sites for hydroxylation is 2. The molecule has 0 spiro atoms. The van der Waals surface area contributed by atoms with E-state index in [-0.39, 0.29) is 11.9 Å². The average Bonchev–Trinajstić information content (AvgIpc) is 2.84. The molecule has 0 unspecified atom stereocenters. The molecular weight excluding hydrogens is 310 g/mol. The number of carbonyl (C=O) groups excluding carboxylic acids is 1. The first-order valence-electron chi connectivity index (χ1n) is 8.73. The van der Waals surface area contributed by atoms with Crippen LogP contribution in [0.15, 0.2) is 42.5 Å². The summed E-state index contributed by atoms with van der Waals surface area (Å²) in [6.07, 6.45) is 1.20. The molecule has 4 heteroatoms. The topological polar surface area (TPSA) is 46.9 Å². The standard InChI is InChI=1S/C21H25N3O/c1-14(19-11-7-9-17-8-5-6-10-20(17)19)22-21(25)13-12-18-15(2)23-24(4)16(18)3/h5-11,14H,12-13H2,1-4H3,(H,22,25)/t14-/m0/s1. The number of carbonyl (C=O) groups is 1. The predicted molar refractivity (Wildman–Crippen MR) is 102 cm³/mol. The van der Waals surface area contributed by atoms with Crippen LogP contribution in [-0.4, -0.2) is 15.7 Å². The van der Waals surface area contributed by atoms with Gasteiger partial charge in [0.15, 0.2) is 0 Å². The summed E-state index contributed by atoms with van der Waals surface area (Å²) >= 11 is 0. The van der Waals surface area contributed by atoms with E-state index in [1.54, 1.807) is 0 Å². The van der Waals surface area contributed by atoms with Crippen molar-refractivity contribution in [2.24, 2.45) is 7.05 Å². The van der Waals surface area contributed by atoms with E-state index < -0.39 is 0 Å². The van der Waals surface area contributed by atoms with Gasteiger partial charge in [-0.05, 0) is 49.1 Å². The van der Waals surface area contributed by atoms with Crippen LogP contribution in [0, 0.1) is 13.8 Å². The molecule has 1 N–H and O–H groups in total. The average molecular weight is 335 g/mol. The lowest BCUT2D eigenvalue weighted by Gasteiger charge is -2.16. The molecule has 25 heavy (non-hydrogen) atoms. The highest BCUT2D eigenvalue weighted by atomic mass is 16.1. The van der Waals surface area contributed by atoms with Crippen LogP contribution in [0.3, 0.4) is 0 Å². The van der Waals surface area contributed by atoms with Crippen molar-refractivity contribution >= 4 is 16.7 Å². The number of hydrogen-bond acceptors (Lipinski definition) is 2. The molecule has 0 saturated heterocycles. The van der Waals surface area contributed by atoms with Crippen LogP contribution in [0.2, 0.25) is 0 Å². The molecule has 3 rings (SSSR count). The number of rotatable bonds is 5. The third-order valence-corrected chi connectivity index (χ3v) is 4.93. The fourth-order valence-electron chi connectivity index (χ4n) is 3.44. The van der Waals surface area contributed by atoms with Gasteiger partial charge in [0.1, 0.15) is 0 Å². The van der Waals surface area contributed by atoms with Gasteiger partial charge in [-0.1, -0.05) is 42.5 Å². The Morgan fingerprint density at radius 2 is 1.88 bits per heavy atom. The Hall–Kier alpha value is -2.62. The highest BCUT2D eigenvalue weighted by Gasteiger charge is 2.14. The summed E-state index contributed by atoms with van der Waals surface area (Å²) in [5.74, 6) is 0.0723. The van der Waals surface area contributed by atoms with Crippen molar-refractivity contribution in [1.82, 2.24) is 15.1 Å². The van der Waals surface area contributed by atoms with Crippen molar-refractivity contribution in [2.75, 3.05) is 0 Å². The van der Waals surface area contributed by atoms with E-state index in [4.69, 9.17) is 0 Å². The van der Waals surface area contributed by atoms with Gasteiger partial charge in [-0.2, -0.15) is 5.10 Å². The molecule has 130 valence electrons. The first kappa shape index (κ1) is 17.2. The molecule has 4 nitrogen and oxygen atoms in total. The van der Waals surface area contributed by atoms with Gasteiger partial charge in [0.2, 0.25) is 5.91 Å². The number of fused-ring (bicyclic) bond motifs is 1. The lowest BCUT2D eigenvalue weighted by molar-refractivity contribution is -0.121. The summed E-state index contributed by atoms with van der Waals surface area (Å²) in [7, 11) is 1.94. The Balaban J connectivity index is 1.68. The van der Waals surface area contributed by atoms with Crippen LogP contribution in [0.5, 0.6) is 0 Å². The van der Waals surface area contributed by atoms with Crippen LogP contribution in [0.4, 0.5) is 0 Å². The van der Waals surface area contributed by atoms with Crippen molar-refractivity contribution in [3.05, 3.63) is 65.0 Å². The zero-order valence-corrected chi connectivity index (χ0v) is 15.3. The lowest BCUT2D eigenvalue weighted by atomic mass is 9.99. The van der Waals surface area contributed by atoms with Gasteiger partial charge in [-0.15, -0.1) is 0 Å². The molecule has 1 aromatic heterocycles. The Kier molecular flexibility index (Phi) is 4.88. The molecule has 0 saturated carbocycles. The van der Waals surface area contributed by atoms with Crippen molar-refractivity contribution < 1.29 is 4.79 Å². The number of hydrogen-bond donors (Lipinski definition) is 1. The number of amides is 1. The summed E-state index contributed by atoms with van der Waals surface area (Å²) in [5, 5.41) is 9.94. The van der Waals surface area contributed by atoms with E-state index in [0.29, 0.717) is 6.42 Å². The third-order valence-electron chi connectivity index (χ3n) is 4.93. The molecule has 1 heterocycles. The molecule has 2 aromatic carbocycles. The summed E-state index contributed by atoms with van der Waals surface area (Å²) in [4.78, 5) is 12.4. The minimum absolute atomic E-state index is 0.0188. The monoisotopic (exact) mass is 335 g/mol. The highest BCUT2D eigenvalue weighted by molar-refractivity contribution is 5.86. The molecule has 0 bridgehead atoms. The summed E-state index contributed by atoms with van der Waals surface area (Å²) < 4.78 is 1.88. The number of nitrogens with zero attached hydrogens (tertiary/aromatic N) is 2. The maximum Gasteiger partial charge on any atom is 0.220 e. The van der Waals surface area contributed by atoms with Crippen molar-refractivity contribution in [2.45, 2.75) is 39.7 Å². The number of aromatic nitrogens is 2. The summed E-state index contributed by atoms with van der Waals surface area (Å²) in [5.41, 5.74) is 4.47. The van der Waals surface area contributed by atoms with Gasteiger partial charge in [-0.3, -0.25) is 9.48 Å². The Morgan fingerprint density at radius 3 is 2.60 bits per heavy atom. The zero-order valence-electron chi connectivity index (χ0n) is 15.3. The van der Waals surface area contributed by atoms with Gasteiger partial charge in [0.05, 0.1) is 11.7 Å². The molecule has 0 radical (unpaired) electrons. The van der Waals surface area contributed by atoms with E-state index in [1.165, 1.54) is 16.3 Å². The maximum absolute atomic E-state index is 12.4. The highest BCUT2D eigenvalue weighted by Crippen LogP contribution is 2.24. The largest absolute Gasteiger partial charge is 0.350 e. The van der Waals surface area contributed by atoms with E-state index in [2.05, 4.69) is 34.7 Å². The molecule has 0 aliphatic carbocycles. The van der Waals surface area contributed by atoms with Gasteiger partial charge < -0.3 is 5.32 Å². The van der Waals surface area contributed by atoms with Crippen molar-refractivity contribution in [1.29, 1.82) is 0 Å². The van der Waals surface area contributed by atoms with Gasteiger partial charge in [0.25, 0.3) is 0 Å². The first-order chi connectivity index (χ1) is 12.0. The van der Waals surface area contributed by atoms with E-state index in [9.17, 15) is 4.79 Å². The summed E-state index contributed by atoms with van der Waals surface area (Å²) in [6.45, 7) is 6.09. The Morgan fingerprint density at radius 1 is 1.16 bits per heavy atom. The SMILES string of the molecule is Cc1nn(C)c(C)c1CCC(=O)N[C@@H](C)c1cccc2ccccc12. The van der Waals surface area contributed by atoms with Gasteiger partial charge in [-0.25, -0.2) is 0 Å². The van der Waals surface area contributed by atoms with Gasteiger partial charge >= 0.3 is 0 Å². The summed E-state index contributed by atoms with van der Waals surface area (Å²) in [6, 6.07) is 14.5. The fraction of sp³-hybridized carbons (Fsp3) is 0.333. The van der Waals surface area contributed by atoms with Crippen molar-refractivity contribution in [3.8, 4) is 0 Å². The predicted octanol–water partition coefficient (Wildman–Crippen LogP) is 4.00. The van der Waals surface area contributed by atoms with Crippen LogP contribution in [0.1, 0.15) is 41.9 Å². The smallest absolute Gasteiger partial charge is 0.220 e. The third kappa shape index (κ3) is 3.58. The fourth-order valence-corrected chi connectivity index (χ4v) is 3.44. The van der Waals surface area contributed by atoms with Gasteiger partial charge in [0, 0.05) is 19.2 Å². The lowest BCUT2D eigenvalue weighted by Crippen LogP contribution is -2.27. The molecule has 3 aromatic rings. The van der Waals surface area contributed by atoms with E-state index in [0.717, 1.165) is 23.4 Å². The second-order valence-electron chi connectivity index (χ2n) is 6.63. The second-order valence-corrected chi connectivity index (χ2v) is 6.63. The minimum atomic E-state index is -0.0188. The molecule has 1 atom stereocenters. The van der Waals surface area contributed by atoms with Crippen molar-refractivity contribution in [3.63, 3.8) is 0 Å². The van der Waals surface area contributed by atoms with Crippen LogP contribution in [-0.2, 0) is 18.3 Å². The molecule has 0 aliphatic heterocycles. The maximum atomic E-state index is 12.4. The second kappa shape index (κ2) is 7.09. The Labute approximate surface area is 148 Å². The minimum Gasteiger partial charge on any atom is -0.350 e. The number of nitrogens with one attached hydrogen (secondary N) is 1. The zero-order chi connectivity index (χ0) is 18.0. The van der Waals surface area contributed by atoms with E-state index >= 15 is 0 Å². The Bertz CT molecular complexity index is 905. The van der Waals surface area contributed by atoms with Crippen LogP contribution >= 0.6 is 0 Å². The normalized spacial score (nSPS) is 12.3. The quantitative estimate of drug-likeness (QED) is 0.766. The number of benzene rings is 2. The molecule has 0 fully saturated rings. The van der Waals surface area contributed by atoms with Crippen LogP contribution in [0.25, 0.3) is 10.8 Å². The molecule has 0 aliphatic rings. The van der Waals surface area contributed by atoms with Crippen LogP contribution < -0.4 is 5.32 Å². The first-order valence-corrected chi connectivity index (χ1v) is 8.73. The van der Waals surface area contributed by atoms with E-state index in [1.807, 2.05) is 50.7 Å².